The lowest BCUT2D eigenvalue weighted by molar-refractivity contribution is -0.0226. The van der Waals surface area contributed by atoms with Crippen LogP contribution in [0.2, 0.25) is 0 Å². The molecule has 3 aliphatic rings. The van der Waals surface area contributed by atoms with Crippen molar-refractivity contribution in [2.45, 2.75) is 57.5 Å². The Morgan fingerprint density at radius 1 is 1.26 bits per heavy atom. The Kier molecular flexibility index (Phi) is 3.80. The first kappa shape index (κ1) is 15.9. The highest BCUT2D eigenvalue weighted by atomic mass is 127. The Morgan fingerprint density at radius 3 is 2.78 bits per heavy atom. The molecule has 0 saturated heterocycles. The molecule has 5 atom stereocenters. The standard InChI is InChI=1S/C20H25IO2/c1-11(21)16-10-13(22)9-12-3-4-14-15(19(12)16)7-8-20(2)17(14)5-6-18(20)23/h9-10,14-15,17-18,22-23H,1,3-8H2,2H3/t14-,15+,17+,18+,20+/m1/s1. The van der Waals surface area contributed by atoms with Gasteiger partial charge < -0.3 is 10.2 Å². The summed E-state index contributed by atoms with van der Waals surface area (Å²) in [5, 5.41) is 20.6. The number of fused-ring (bicyclic) bond motifs is 5. The van der Waals surface area contributed by atoms with Crippen LogP contribution in [0, 0.1) is 17.3 Å². The molecule has 1 aromatic rings. The van der Waals surface area contributed by atoms with E-state index >= 15 is 0 Å². The fourth-order valence-electron chi connectivity index (χ4n) is 5.91. The Labute approximate surface area is 152 Å². The van der Waals surface area contributed by atoms with Crippen molar-refractivity contribution >= 4 is 26.2 Å². The van der Waals surface area contributed by atoms with Crippen molar-refractivity contribution in [3.63, 3.8) is 0 Å². The van der Waals surface area contributed by atoms with Gasteiger partial charge in [-0.25, -0.2) is 0 Å². The molecule has 0 aliphatic heterocycles. The summed E-state index contributed by atoms with van der Waals surface area (Å²) in [5.74, 6) is 2.27. The van der Waals surface area contributed by atoms with Crippen LogP contribution < -0.4 is 0 Å². The molecule has 2 fully saturated rings. The molecule has 3 heteroatoms. The van der Waals surface area contributed by atoms with Crippen LogP contribution in [0.25, 0.3) is 3.58 Å². The van der Waals surface area contributed by atoms with Crippen molar-refractivity contribution in [1.29, 1.82) is 0 Å². The van der Waals surface area contributed by atoms with Gasteiger partial charge in [0.2, 0.25) is 0 Å². The summed E-state index contributed by atoms with van der Waals surface area (Å²) in [6, 6.07) is 3.86. The number of hydrogen-bond acceptors (Lipinski definition) is 2. The average Bonchev–Trinajstić information content (AvgIpc) is 2.81. The van der Waals surface area contributed by atoms with Crippen LogP contribution >= 0.6 is 22.6 Å². The van der Waals surface area contributed by atoms with Gasteiger partial charge in [-0.3, -0.25) is 0 Å². The molecule has 0 heterocycles. The summed E-state index contributed by atoms with van der Waals surface area (Å²) in [5.41, 5.74) is 4.04. The zero-order valence-corrected chi connectivity index (χ0v) is 15.8. The fourth-order valence-corrected chi connectivity index (χ4v) is 6.36. The van der Waals surface area contributed by atoms with Crippen molar-refractivity contribution in [1.82, 2.24) is 0 Å². The highest BCUT2D eigenvalue weighted by molar-refractivity contribution is 14.1. The lowest BCUT2D eigenvalue weighted by Crippen LogP contribution is -2.44. The summed E-state index contributed by atoms with van der Waals surface area (Å²) in [7, 11) is 0. The van der Waals surface area contributed by atoms with Gasteiger partial charge in [-0.2, -0.15) is 0 Å². The smallest absolute Gasteiger partial charge is 0.116 e. The third-order valence-electron chi connectivity index (χ3n) is 7.05. The van der Waals surface area contributed by atoms with E-state index in [9.17, 15) is 10.2 Å². The van der Waals surface area contributed by atoms with Gasteiger partial charge in [-0.15, -0.1) is 0 Å². The van der Waals surface area contributed by atoms with Crippen LogP contribution in [0.5, 0.6) is 5.75 Å². The minimum absolute atomic E-state index is 0.117. The number of aliphatic hydroxyl groups is 1. The fraction of sp³-hybridized carbons (Fsp3) is 0.600. The van der Waals surface area contributed by atoms with Gasteiger partial charge in [-0.05, 0) is 113 Å². The van der Waals surface area contributed by atoms with Gasteiger partial charge >= 0.3 is 0 Å². The van der Waals surface area contributed by atoms with Crippen molar-refractivity contribution in [2.24, 2.45) is 17.3 Å². The maximum Gasteiger partial charge on any atom is 0.116 e. The van der Waals surface area contributed by atoms with E-state index in [1.807, 2.05) is 12.1 Å². The molecule has 124 valence electrons. The molecular weight excluding hydrogens is 399 g/mol. The first-order valence-electron chi connectivity index (χ1n) is 8.80. The molecule has 3 aliphatic carbocycles. The zero-order valence-electron chi connectivity index (χ0n) is 13.7. The Balaban J connectivity index is 1.79. The highest BCUT2D eigenvalue weighted by Gasteiger charge is 2.54. The number of aryl methyl sites for hydroxylation is 1. The van der Waals surface area contributed by atoms with Gasteiger partial charge in [0.15, 0.2) is 0 Å². The molecule has 0 radical (unpaired) electrons. The quantitative estimate of drug-likeness (QED) is 0.622. The zero-order chi connectivity index (χ0) is 16.4. The van der Waals surface area contributed by atoms with Crippen LogP contribution in [0.3, 0.4) is 0 Å². The van der Waals surface area contributed by atoms with E-state index in [0.717, 1.165) is 34.8 Å². The van der Waals surface area contributed by atoms with Crippen molar-refractivity contribution < 1.29 is 10.2 Å². The maximum atomic E-state index is 10.5. The number of aromatic hydroxyl groups is 1. The van der Waals surface area contributed by atoms with Gasteiger partial charge in [0.05, 0.1) is 6.10 Å². The predicted octanol–water partition coefficient (Wildman–Crippen LogP) is 5.01. The van der Waals surface area contributed by atoms with E-state index in [1.54, 1.807) is 0 Å². The topological polar surface area (TPSA) is 40.5 Å². The number of hydrogen-bond donors (Lipinski definition) is 2. The van der Waals surface area contributed by atoms with Gasteiger partial charge in [-0.1, -0.05) is 13.5 Å². The first-order valence-corrected chi connectivity index (χ1v) is 9.88. The number of halogens is 1. The maximum absolute atomic E-state index is 10.5. The highest BCUT2D eigenvalue weighted by Crippen LogP contribution is 2.61. The molecule has 1 aromatic carbocycles. The normalized spacial score (nSPS) is 38.6. The molecule has 23 heavy (non-hydrogen) atoms. The van der Waals surface area contributed by atoms with Crippen LogP contribution in [-0.2, 0) is 6.42 Å². The number of rotatable bonds is 1. The van der Waals surface area contributed by atoms with E-state index in [4.69, 9.17) is 0 Å². The lowest BCUT2D eigenvalue weighted by Gasteiger charge is -2.50. The monoisotopic (exact) mass is 424 g/mol. The van der Waals surface area contributed by atoms with E-state index < -0.39 is 0 Å². The van der Waals surface area contributed by atoms with Crippen LogP contribution in [0.15, 0.2) is 18.7 Å². The number of phenols is 1. The van der Waals surface area contributed by atoms with E-state index in [-0.39, 0.29) is 11.5 Å². The van der Waals surface area contributed by atoms with Crippen LogP contribution in [0.4, 0.5) is 0 Å². The molecule has 4 rings (SSSR count). The molecule has 2 saturated carbocycles. The van der Waals surface area contributed by atoms with Gasteiger partial charge in [0, 0.05) is 3.58 Å². The van der Waals surface area contributed by atoms with Gasteiger partial charge in [0.25, 0.3) is 0 Å². The number of benzene rings is 1. The van der Waals surface area contributed by atoms with E-state index in [2.05, 4.69) is 36.1 Å². The summed E-state index contributed by atoms with van der Waals surface area (Å²) in [6.45, 7) is 6.46. The Hall–Kier alpha value is -0.550. The molecule has 0 aromatic heterocycles. The van der Waals surface area contributed by atoms with Crippen molar-refractivity contribution in [3.05, 3.63) is 35.4 Å². The molecule has 0 spiro atoms. The molecule has 0 amide bonds. The predicted molar refractivity (Wildman–Crippen MR) is 102 cm³/mol. The minimum atomic E-state index is -0.117. The number of phenolic OH excluding ortho intramolecular Hbond substituents is 1. The third kappa shape index (κ3) is 2.30. The van der Waals surface area contributed by atoms with Crippen LogP contribution in [0.1, 0.15) is 61.6 Å². The molecule has 2 nitrogen and oxygen atoms in total. The molecule has 0 bridgehead atoms. The average molecular weight is 424 g/mol. The van der Waals surface area contributed by atoms with E-state index in [0.29, 0.717) is 23.5 Å². The SMILES string of the molecule is C=C(I)c1cc(O)cc2c1[C@H]1CC[C@]3(C)[C@@H](O)CC[C@H]3[C@@H]1CC2. The summed E-state index contributed by atoms with van der Waals surface area (Å²) < 4.78 is 1.02. The first-order chi connectivity index (χ1) is 10.9. The summed E-state index contributed by atoms with van der Waals surface area (Å²) in [4.78, 5) is 0. The summed E-state index contributed by atoms with van der Waals surface area (Å²) >= 11 is 2.29. The lowest BCUT2D eigenvalue weighted by atomic mass is 9.55. The van der Waals surface area contributed by atoms with Crippen molar-refractivity contribution in [3.8, 4) is 5.75 Å². The second-order valence-corrected chi connectivity index (χ2v) is 9.33. The second-order valence-electron chi connectivity index (χ2n) is 8.02. The summed E-state index contributed by atoms with van der Waals surface area (Å²) in [6.07, 6.45) is 6.54. The third-order valence-corrected chi connectivity index (χ3v) is 7.63. The largest absolute Gasteiger partial charge is 0.508 e. The second kappa shape index (κ2) is 5.48. The van der Waals surface area contributed by atoms with E-state index in [1.165, 1.54) is 24.0 Å². The molecule has 2 N–H and O–H groups in total. The molecular formula is C20H25IO2. The minimum Gasteiger partial charge on any atom is -0.508 e. The Morgan fingerprint density at radius 2 is 2.04 bits per heavy atom. The van der Waals surface area contributed by atoms with Crippen LogP contribution in [-0.4, -0.2) is 16.3 Å². The molecule has 0 unspecified atom stereocenters. The number of aliphatic hydroxyl groups excluding tert-OH is 1. The van der Waals surface area contributed by atoms with Gasteiger partial charge in [0.1, 0.15) is 5.75 Å². The Bertz CT molecular complexity index is 668. The van der Waals surface area contributed by atoms with Crippen molar-refractivity contribution in [2.75, 3.05) is 0 Å².